The first-order chi connectivity index (χ1) is 8.15. The number of nitrogens with two attached hydrogens (primary N) is 2. The number of anilines is 2. The van der Waals surface area contributed by atoms with Gasteiger partial charge in [-0.25, -0.2) is 14.4 Å². The van der Waals surface area contributed by atoms with E-state index in [1.54, 1.807) is 18.3 Å². The van der Waals surface area contributed by atoms with Crippen LogP contribution in [0.1, 0.15) is 5.56 Å². The second kappa shape index (κ2) is 4.60. The minimum atomic E-state index is -0.675. The molecule has 2 aromatic heterocycles. The van der Waals surface area contributed by atoms with Gasteiger partial charge in [0.2, 0.25) is 0 Å². The maximum Gasteiger partial charge on any atom is 0.318 e. The van der Waals surface area contributed by atoms with Gasteiger partial charge in [-0.05, 0) is 17.7 Å². The van der Waals surface area contributed by atoms with Crippen LogP contribution in [0, 0.1) is 5.82 Å². The molecule has 0 aliphatic carbocycles. The first-order valence-corrected chi connectivity index (χ1v) is 4.76. The number of pyridine rings is 1. The van der Waals surface area contributed by atoms with E-state index < -0.39 is 5.82 Å². The molecule has 88 valence electrons. The summed E-state index contributed by atoms with van der Waals surface area (Å²) < 4.78 is 18.0. The predicted octanol–water partition coefficient (Wildman–Crippen LogP) is 0.754. The molecule has 0 bridgehead atoms. The molecule has 2 aromatic rings. The lowest BCUT2D eigenvalue weighted by Gasteiger charge is -2.05. The number of nitrogen functional groups attached to an aromatic ring is 2. The average Bonchev–Trinajstić information content (AvgIpc) is 2.31. The van der Waals surface area contributed by atoms with Crippen molar-refractivity contribution < 1.29 is 9.13 Å². The largest absolute Gasteiger partial charge is 0.459 e. The van der Waals surface area contributed by atoms with E-state index in [0.717, 1.165) is 11.8 Å². The van der Waals surface area contributed by atoms with Gasteiger partial charge >= 0.3 is 6.01 Å². The zero-order chi connectivity index (χ0) is 12.3. The number of hydrogen-bond donors (Lipinski definition) is 2. The monoisotopic (exact) mass is 235 g/mol. The number of halogens is 1. The van der Waals surface area contributed by atoms with Crippen molar-refractivity contribution in [3.63, 3.8) is 0 Å². The summed E-state index contributed by atoms with van der Waals surface area (Å²) in [4.78, 5) is 11.1. The van der Waals surface area contributed by atoms with Crippen molar-refractivity contribution in [2.75, 3.05) is 11.5 Å². The summed E-state index contributed by atoms with van der Waals surface area (Å²) in [7, 11) is 0. The van der Waals surface area contributed by atoms with Gasteiger partial charge in [-0.3, -0.25) is 0 Å². The first kappa shape index (κ1) is 11.1. The lowest BCUT2D eigenvalue weighted by Crippen LogP contribution is -2.03. The average molecular weight is 235 g/mol. The van der Waals surface area contributed by atoms with Crippen molar-refractivity contribution in [2.45, 2.75) is 6.61 Å². The van der Waals surface area contributed by atoms with E-state index in [-0.39, 0.29) is 18.4 Å². The van der Waals surface area contributed by atoms with Crippen molar-refractivity contribution in [3.05, 3.63) is 35.9 Å². The fraction of sp³-hybridized carbons (Fsp3) is 0.100. The molecule has 0 aliphatic rings. The molecule has 2 heterocycles. The molecule has 6 nitrogen and oxygen atoms in total. The zero-order valence-electron chi connectivity index (χ0n) is 8.80. The number of nitrogens with zero attached hydrogens (tertiary/aromatic N) is 3. The standard InChI is InChI=1S/C10H10FN5O/c11-7-4-15-10(16-9(7)13)17-5-6-1-2-14-8(12)3-6/h1-4H,5H2,(H2,12,14)(H2,13,15,16). The summed E-state index contributed by atoms with van der Waals surface area (Å²) in [6.45, 7) is 0.206. The Morgan fingerprint density at radius 2 is 2.12 bits per heavy atom. The SMILES string of the molecule is Nc1cc(COc2ncc(F)c(N)n2)ccn1. The predicted molar refractivity (Wildman–Crippen MR) is 59.4 cm³/mol. The lowest BCUT2D eigenvalue weighted by molar-refractivity contribution is 0.280. The summed E-state index contributed by atoms with van der Waals surface area (Å²) in [5.74, 6) is -0.527. The van der Waals surface area contributed by atoms with Crippen molar-refractivity contribution in [3.8, 4) is 6.01 Å². The maximum atomic E-state index is 12.8. The van der Waals surface area contributed by atoms with Crippen LogP contribution in [0.2, 0.25) is 0 Å². The van der Waals surface area contributed by atoms with Crippen LogP contribution in [-0.4, -0.2) is 15.0 Å². The molecule has 7 heteroatoms. The van der Waals surface area contributed by atoms with Crippen LogP contribution in [0.25, 0.3) is 0 Å². The topological polar surface area (TPSA) is 99.9 Å². The van der Waals surface area contributed by atoms with Crippen molar-refractivity contribution >= 4 is 11.6 Å². The third kappa shape index (κ3) is 2.77. The zero-order valence-corrected chi connectivity index (χ0v) is 8.80. The third-order valence-corrected chi connectivity index (χ3v) is 1.96. The molecule has 0 saturated carbocycles. The highest BCUT2D eigenvalue weighted by atomic mass is 19.1. The molecular weight excluding hydrogens is 225 g/mol. The number of ether oxygens (including phenoxy) is 1. The summed E-state index contributed by atoms with van der Waals surface area (Å²) in [5.41, 5.74) is 11.6. The Kier molecular flexibility index (Phi) is 2.99. The molecule has 0 atom stereocenters. The molecule has 0 aromatic carbocycles. The second-order valence-electron chi connectivity index (χ2n) is 3.26. The van der Waals surface area contributed by atoms with Gasteiger partial charge in [0.15, 0.2) is 11.6 Å². The fourth-order valence-electron chi connectivity index (χ4n) is 1.16. The summed E-state index contributed by atoms with van der Waals surface area (Å²) >= 11 is 0. The lowest BCUT2D eigenvalue weighted by atomic mass is 10.3. The fourth-order valence-corrected chi connectivity index (χ4v) is 1.16. The van der Waals surface area contributed by atoms with E-state index in [9.17, 15) is 4.39 Å². The maximum absolute atomic E-state index is 12.8. The van der Waals surface area contributed by atoms with E-state index >= 15 is 0 Å². The van der Waals surface area contributed by atoms with Crippen LogP contribution < -0.4 is 16.2 Å². The summed E-state index contributed by atoms with van der Waals surface area (Å²) in [6, 6.07) is 3.41. The van der Waals surface area contributed by atoms with Gasteiger partial charge < -0.3 is 16.2 Å². The molecule has 0 radical (unpaired) electrons. The van der Waals surface area contributed by atoms with Gasteiger partial charge in [0, 0.05) is 6.20 Å². The van der Waals surface area contributed by atoms with Crippen LogP contribution in [-0.2, 0) is 6.61 Å². The Morgan fingerprint density at radius 1 is 1.29 bits per heavy atom. The van der Waals surface area contributed by atoms with Gasteiger partial charge in [0.1, 0.15) is 12.4 Å². The van der Waals surface area contributed by atoms with E-state index in [1.165, 1.54) is 0 Å². The third-order valence-electron chi connectivity index (χ3n) is 1.96. The second-order valence-corrected chi connectivity index (χ2v) is 3.26. The van der Waals surface area contributed by atoms with Crippen LogP contribution >= 0.6 is 0 Å². The number of aromatic nitrogens is 3. The first-order valence-electron chi connectivity index (χ1n) is 4.76. The molecule has 0 spiro atoms. The minimum absolute atomic E-state index is 0.0132. The highest BCUT2D eigenvalue weighted by molar-refractivity contribution is 5.32. The van der Waals surface area contributed by atoms with Crippen molar-refractivity contribution in [1.29, 1.82) is 0 Å². The molecule has 2 rings (SSSR count). The van der Waals surface area contributed by atoms with Crippen LogP contribution in [0.3, 0.4) is 0 Å². The van der Waals surface area contributed by atoms with E-state index in [1.807, 2.05) is 0 Å². The van der Waals surface area contributed by atoms with Crippen LogP contribution in [0.5, 0.6) is 6.01 Å². The smallest absolute Gasteiger partial charge is 0.318 e. The van der Waals surface area contributed by atoms with Crippen LogP contribution in [0.15, 0.2) is 24.5 Å². The molecule has 0 fully saturated rings. The Morgan fingerprint density at radius 3 is 2.82 bits per heavy atom. The minimum Gasteiger partial charge on any atom is -0.459 e. The summed E-state index contributed by atoms with van der Waals surface area (Å²) in [5, 5.41) is 0. The molecule has 0 unspecified atom stereocenters. The van der Waals surface area contributed by atoms with Crippen molar-refractivity contribution in [1.82, 2.24) is 15.0 Å². The molecule has 4 N–H and O–H groups in total. The molecule has 0 saturated heterocycles. The van der Waals surface area contributed by atoms with Gasteiger partial charge in [-0.2, -0.15) is 4.98 Å². The molecule has 0 aliphatic heterocycles. The van der Waals surface area contributed by atoms with Crippen molar-refractivity contribution in [2.24, 2.45) is 0 Å². The highest BCUT2D eigenvalue weighted by Gasteiger charge is 2.04. The van der Waals surface area contributed by atoms with Gasteiger partial charge in [0.05, 0.1) is 6.20 Å². The van der Waals surface area contributed by atoms with Gasteiger partial charge in [-0.15, -0.1) is 0 Å². The van der Waals surface area contributed by atoms with E-state index in [4.69, 9.17) is 16.2 Å². The Balaban J connectivity index is 2.05. The normalized spacial score (nSPS) is 10.2. The molecule has 17 heavy (non-hydrogen) atoms. The Bertz CT molecular complexity index is 534. The number of rotatable bonds is 3. The highest BCUT2D eigenvalue weighted by Crippen LogP contribution is 2.11. The quantitative estimate of drug-likeness (QED) is 0.814. The Hall–Kier alpha value is -2.44. The van der Waals surface area contributed by atoms with Gasteiger partial charge in [0.25, 0.3) is 0 Å². The molecular formula is C10H10FN5O. The van der Waals surface area contributed by atoms with Crippen LogP contribution in [0.4, 0.5) is 16.0 Å². The molecule has 0 amide bonds. The van der Waals surface area contributed by atoms with E-state index in [0.29, 0.717) is 5.82 Å². The Labute approximate surface area is 96.5 Å². The van der Waals surface area contributed by atoms with E-state index in [2.05, 4.69) is 15.0 Å². The number of hydrogen-bond acceptors (Lipinski definition) is 6. The summed E-state index contributed by atoms with van der Waals surface area (Å²) in [6.07, 6.45) is 2.52. The van der Waals surface area contributed by atoms with Gasteiger partial charge in [-0.1, -0.05) is 0 Å².